The third-order valence-electron chi connectivity index (χ3n) is 1.37. The molecule has 1 rings (SSSR count). The summed E-state index contributed by atoms with van der Waals surface area (Å²) in [7, 11) is 3.80. The van der Waals surface area contributed by atoms with Crippen molar-refractivity contribution in [1.82, 2.24) is 4.98 Å². The van der Waals surface area contributed by atoms with Crippen LogP contribution >= 0.6 is 15.9 Å². The van der Waals surface area contributed by atoms with Crippen LogP contribution in [0.1, 0.15) is 5.56 Å². The molecule has 4 heteroatoms. The Morgan fingerprint density at radius 2 is 2.25 bits per heavy atom. The molecule has 12 heavy (non-hydrogen) atoms. The number of rotatable bonds is 1. The molecule has 0 spiro atoms. The number of hydrogen-bond donors (Lipinski definition) is 0. The van der Waals surface area contributed by atoms with E-state index in [-0.39, 0.29) is 0 Å². The van der Waals surface area contributed by atoms with Gasteiger partial charge in [-0.2, -0.15) is 5.26 Å². The molecular formula is C8H8BrN3. The molecule has 0 aromatic carbocycles. The topological polar surface area (TPSA) is 39.9 Å². The maximum Gasteiger partial charge on any atom is 0.142 e. The van der Waals surface area contributed by atoms with E-state index in [2.05, 4.69) is 20.9 Å². The summed E-state index contributed by atoms with van der Waals surface area (Å²) < 4.78 is 0.839. The number of pyridine rings is 1. The molecule has 0 N–H and O–H groups in total. The molecule has 0 unspecified atom stereocenters. The Morgan fingerprint density at radius 3 is 2.67 bits per heavy atom. The van der Waals surface area contributed by atoms with E-state index in [0.29, 0.717) is 5.56 Å². The van der Waals surface area contributed by atoms with Gasteiger partial charge in [0.15, 0.2) is 0 Å². The Kier molecular flexibility index (Phi) is 2.66. The number of nitrogens with zero attached hydrogens (tertiary/aromatic N) is 3. The van der Waals surface area contributed by atoms with Crippen LogP contribution in [-0.4, -0.2) is 19.1 Å². The first kappa shape index (κ1) is 9.01. The average Bonchev–Trinajstić information content (AvgIpc) is 2.03. The summed E-state index contributed by atoms with van der Waals surface area (Å²) >= 11 is 3.33. The molecule has 0 fully saturated rings. The number of nitriles is 1. The molecule has 0 aliphatic rings. The summed E-state index contributed by atoms with van der Waals surface area (Å²) in [6.45, 7) is 0. The van der Waals surface area contributed by atoms with Gasteiger partial charge in [0, 0.05) is 20.3 Å². The van der Waals surface area contributed by atoms with Crippen LogP contribution in [0.15, 0.2) is 16.7 Å². The van der Waals surface area contributed by atoms with E-state index in [1.807, 2.05) is 25.1 Å². The van der Waals surface area contributed by atoms with Gasteiger partial charge in [-0.05, 0) is 22.0 Å². The Labute approximate surface area is 79.8 Å². The zero-order chi connectivity index (χ0) is 9.14. The fourth-order valence-corrected chi connectivity index (χ4v) is 1.52. The third-order valence-corrected chi connectivity index (χ3v) is 1.96. The van der Waals surface area contributed by atoms with Crippen LogP contribution in [0.2, 0.25) is 0 Å². The van der Waals surface area contributed by atoms with Crippen molar-refractivity contribution in [2.45, 2.75) is 0 Å². The van der Waals surface area contributed by atoms with Gasteiger partial charge in [-0.15, -0.1) is 0 Å². The van der Waals surface area contributed by atoms with Gasteiger partial charge in [-0.1, -0.05) is 0 Å². The summed E-state index contributed by atoms with van der Waals surface area (Å²) in [5.41, 5.74) is 0.562. The number of halogens is 1. The second kappa shape index (κ2) is 3.55. The highest BCUT2D eigenvalue weighted by atomic mass is 79.9. The summed E-state index contributed by atoms with van der Waals surface area (Å²) in [6.07, 6.45) is 1.56. The van der Waals surface area contributed by atoms with Crippen LogP contribution in [-0.2, 0) is 0 Å². The monoisotopic (exact) mass is 225 g/mol. The Hall–Kier alpha value is -1.08. The van der Waals surface area contributed by atoms with Gasteiger partial charge < -0.3 is 4.90 Å². The molecule has 1 heterocycles. The SMILES string of the molecule is CN(C)c1ncc(C#N)cc1Br. The zero-order valence-electron chi connectivity index (χ0n) is 6.87. The van der Waals surface area contributed by atoms with Gasteiger partial charge in [-0.25, -0.2) is 4.98 Å². The fourth-order valence-electron chi connectivity index (χ4n) is 0.821. The maximum absolute atomic E-state index is 8.57. The molecule has 62 valence electrons. The summed E-state index contributed by atoms with van der Waals surface area (Å²) in [5.74, 6) is 0.828. The lowest BCUT2D eigenvalue weighted by atomic mass is 10.3. The lowest BCUT2D eigenvalue weighted by molar-refractivity contribution is 1.06. The molecule has 0 saturated heterocycles. The minimum atomic E-state index is 0.562. The molecule has 3 nitrogen and oxygen atoms in total. The smallest absolute Gasteiger partial charge is 0.142 e. The predicted molar refractivity (Wildman–Crippen MR) is 51.0 cm³/mol. The van der Waals surface area contributed by atoms with E-state index in [1.54, 1.807) is 12.3 Å². The second-order valence-corrected chi connectivity index (χ2v) is 3.39. The van der Waals surface area contributed by atoms with E-state index < -0.39 is 0 Å². The van der Waals surface area contributed by atoms with Crippen molar-refractivity contribution in [1.29, 1.82) is 5.26 Å². The first-order chi connectivity index (χ1) is 5.65. The van der Waals surface area contributed by atoms with Crippen LogP contribution < -0.4 is 4.90 Å². The zero-order valence-corrected chi connectivity index (χ0v) is 8.46. The molecule has 0 atom stereocenters. The minimum Gasteiger partial charge on any atom is -0.362 e. The quantitative estimate of drug-likeness (QED) is 0.732. The molecular weight excluding hydrogens is 218 g/mol. The molecule has 0 saturated carbocycles. The Balaban J connectivity index is 3.14. The summed E-state index contributed by atoms with van der Waals surface area (Å²) in [5, 5.41) is 8.57. The van der Waals surface area contributed by atoms with Crippen LogP contribution in [0.4, 0.5) is 5.82 Å². The Morgan fingerprint density at radius 1 is 1.58 bits per heavy atom. The number of aromatic nitrogens is 1. The van der Waals surface area contributed by atoms with Crippen LogP contribution in [0.3, 0.4) is 0 Å². The largest absolute Gasteiger partial charge is 0.362 e. The van der Waals surface area contributed by atoms with Gasteiger partial charge >= 0.3 is 0 Å². The molecule has 1 aromatic heterocycles. The lowest BCUT2D eigenvalue weighted by Gasteiger charge is -2.12. The highest BCUT2D eigenvalue weighted by Crippen LogP contribution is 2.22. The number of anilines is 1. The van der Waals surface area contributed by atoms with E-state index >= 15 is 0 Å². The number of hydrogen-bond acceptors (Lipinski definition) is 3. The van der Waals surface area contributed by atoms with Crippen molar-refractivity contribution < 1.29 is 0 Å². The van der Waals surface area contributed by atoms with Crippen molar-refractivity contribution >= 4 is 21.7 Å². The van der Waals surface area contributed by atoms with Gasteiger partial charge in [0.05, 0.1) is 10.0 Å². The minimum absolute atomic E-state index is 0.562. The first-order valence-electron chi connectivity index (χ1n) is 3.38. The average molecular weight is 226 g/mol. The van der Waals surface area contributed by atoms with Gasteiger partial charge in [0.25, 0.3) is 0 Å². The highest BCUT2D eigenvalue weighted by Gasteiger charge is 2.03. The van der Waals surface area contributed by atoms with Crippen molar-refractivity contribution in [2.75, 3.05) is 19.0 Å². The molecule has 0 amide bonds. The first-order valence-corrected chi connectivity index (χ1v) is 4.17. The van der Waals surface area contributed by atoms with Crippen LogP contribution in [0.5, 0.6) is 0 Å². The Bertz CT molecular complexity index is 328. The molecule has 0 radical (unpaired) electrons. The maximum atomic E-state index is 8.57. The normalized spacial score (nSPS) is 9.17. The predicted octanol–water partition coefficient (Wildman–Crippen LogP) is 1.78. The molecule has 1 aromatic rings. The molecule has 0 bridgehead atoms. The third kappa shape index (κ3) is 1.74. The van der Waals surface area contributed by atoms with E-state index in [4.69, 9.17) is 5.26 Å². The van der Waals surface area contributed by atoms with E-state index in [0.717, 1.165) is 10.3 Å². The van der Waals surface area contributed by atoms with Crippen LogP contribution in [0, 0.1) is 11.3 Å². The second-order valence-electron chi connectivity index (χ2n) is 2.54. The lowest BCUT2D eigenvalue weighted by Crippen LogP contribution is -2.11. The molecule has 0 aliphatic heterocycles. The van der Waals surface area contributed by atoms with E-state index in [9.17, 15) is 0 Å². The van der Waals surface area contributed by atoms with Gasteiger partial charge in [0.2, 0.25) is 0 Å². The van der Waals surface area contributed by atoms with Gasteiger partial charge in [0.1, 0.15) is 11.9 Å². The van der Waals surface area contributed by atoms with Crippen molar-refractivity contribution in [3.63, 3.8) is 0 Å². The van der Waals surface area contributed by atoms with Crippen molar-refractivity contribution in [2.24, 2.45) is 0 Å². The van der Waals surface area contributed by atoms with Crippen molar-refractivity contribution in [3.05, 3.63) is 22.3 Å². The summed E-state index contributed by atoms with van der Waals surface area (Å²) in [4.78, 5) is 5.99. The van der Waals surface area contributed by atoms with Crippen LogP contribution in [0.25, 0.3) is 0 Å². The van der Waals surface area contributed by atoms with Crippen molar-refractivity contribution in [3.8, 4) is 6.07 Å². The fraction of sp³-hybridized carbons (Fsp3) is 0.250. The van der Waals surface area contributed by atoms with E-state index in [1.165, 1.54) is 0 Å². The highest BCUT2D eigenvalue weighted by molar-refractivity contribution is 9.10. The molecule has 0 aliphatic carbocycles. The van der Waals surface area contributed by atoms with Gasteiger partial charge in [-0.3, -0.25) is 0 Å². The standard InChI is InChI=1S/C8H8BrN3/c1-12(2)8-7(9)3-6(4-10)5-11-8/h3,5H,1-2H3. The summed E-state index contributed by atoms with van der Waals surface area (Å²) in [6, 6.07) is 3.78.